The Morgan fingerprint density at radius 1 is 0.906 bits per heavy atom. The number of nitrogens with one attached hydrogen (secondary N) is 1. The van der Waals surface area contributed by atoms with Crippen molar-refractivity contribution in [1.82, 2.24) is 0 Å². The molecule has 0 aromatic heterocycles. The van der Waals surface area contributed by atoms with Crippen molar-refractivity contribution in [3.05, 3.63) is 93.5 Å². The summed E-state index contributed by atoms with van der Waals surface area (Å²) in [4.78, 5) is 29.4. The third-order valence-electron chi connectivity index (χ3n) is 5.25. The average Bonchev–Trinajstić information content (AvgIpc) is 3.01. The molecule has 0 fully saturated rings. The van der Waals surface area contributed by atoms with Crippen LogP contribution in [0.3, 0.4) is 0 Å². The minimum atomic E-state index is -0.393. The number of imide groups is 1. The molecule has 0 saturated carbocycles. The summed E-state index contributed by atoms with van der Waals surface area (Å²) in [5.74, 6) is -0.0539. The molecule has 0 radical (unpaired) electrons. The predicted octanol–water partition coefficient (Wildman–Crippen LogP) is 5.95. The monoisotopic (exact) mass is 464 g/mol. The van der Waals surface area contributed by atoms with Gasteiger partial charge in [0.15, 0.2) is 0 Å². The highest BCUT2D eigenvalue weighted by atomic mass is 35.5. The molecule has 0 spiro atoms. The summed E-state index contributed by atoms with van der Waals surface area (Å²) >= 11 is 7.24. The fourth-order valence-corrected chi connectivity index (χ4v) is 4.40. The maximum absolute atomic E-state index is 13.5. The SMILES string of the molecule is COc1ccc(NC2=C(Sc3ccc(Cl)cc3)C(=O)N(c3cccc(C)c3C)C2=O)cc1. The van der Waals surface area contributed by atoms with E-state index in [1.54, 1.807) is 49.6 Å². The lowest BCUT2D eigenvalue weighted by Crippen LogP contribution is -2.33. The number of nitrogens with zero attached hydrogens (tertiary/aromatic N) is 1. The molecule has 5 nitrogen and oxygen atoms in total. The first-order valence-electron chi connectivity index (χ1n) is 9.93. The third kappa shape index (κ3) is 4.24. The summed E-state index contributed by atoms with van der Waals surface area (Å²) in [5.41, 5.74) is 3.39. The molecule has 0 saturated heterocycles. The number of anilines is 2. The summed E-state index contributed by atoms with van der Waals surface area (Å²) < 4.78 is 5.20. The Kier molecular flexibility index (Phi) is 6.26. The Morgan fingerprint density at radius 3 is 2.25 bits per heavy atom. The van der Waals surface area contributed by atoms with E-state index in [9.17, 15) is 9.59 Å². The van der Waals surface area contributed by atoms with Gasteiger partial charge in [-0.2, -0.15) is 0 Å². The van der Waals surface area contributed by atoms with Gasteiger partial charge in [-0.1, -0.05) is 35.5 Å². The van der Waals surface area contributed by atoms with E-state index in [1.165, 1.54) is 16.7 Å². The van der Waals surface area contributed by atoms with Gasteiger partial charge in [0.1, 0.15) is 16.4 Å². The van der Waals surface area contributed by atoms with E-state index in [0.29, 0.717) is 27.1 Å². The van der Waals surface area contributed by atoms with E-state index in [4.69, 9.17) is 16.3 Å². The van der Waals surface area contributed by atoms with Crippen molar-refractivity contribution >= 4 is 46.6 Å². The van der Waals surface area contributed by atoms with Crippen molar-refractivity contribution in [2.75, 3.05) is 17.3 Å². The fraction of sp³-hybridized carbons (Fsp3) is 0.120. The lowest BCUT2D eigenvalue weighted by molar-refractivity contribution is -0.120. The molecule has 162 valence electrons. The zero-order valence-corrected chi connectivity index (χ0v) is 19.4. The first kappa shape index (κ1) is 22.0. The molecule has 1 N–H and O–H groups in total. The lowest BCUT2D eigenvalue weighted by Gasteiger charge is -2.19. The lowest BCUT2D eigenvalue weighted by atomic mass is 10.1. The number of halogens is 1. The van der Waals surface area contributed by atoms with E-state index in [-0.39, 0.29) is 11.6 Å². The van der Waals surface area contributed by atoms with Crippen molar-refractivity contribution in [3.8, 4) is 5.75 Å². The van der Waals surface area contributed by atoms with Crippen LogP contribution in [0.1, 0.15) is 11.1 Å². The zero-order valence-electron chi connectivity index (χ0n) is 17.8. The smallest absolute Gasteiger partial charge is 0.283 e. The van der Waals surface area contributed by atoms with Gasteiger partial charge in [-0.15, -0.1) is 0 Å². The summed E-state index contributed by atoms with van der Waals surface area (Å²) in [7, 11) is 1.59. The van der Waals surface area contributed by atoms with Gasteiger partial charge >= 0.3 is 0 Å². The van der Waals surface area contributed by atoms with Crippen LogP contribution in [0.15, 0.2) is 82.2 Å². The van der Waals surface area contributed by atoms with Gasteiger partial charge < -0.3 is 10.1 Å². The van der Waals surface area contributed by atoms with Crippen molar-refractivity contribution in [2.24, 2.45) is 0 Å². The molecule has 2 amide bonds. The van der Waals surface area contributed by atoms with Gasteiger partial charge in [-0.3, -0.25) is 9.59 Å². The molecule has 4 rings (SSSR count). The van der Waals surface area contributed by atoms with E-state index < -0.39 is 5.91 Å². The molecule has 32 heavy (non-hydrogen) atoms. The summed E-state index contributed by atoms with van der Waals surface area (Å²) in [6.07, 6.45) is 0. The zero-order chi connectivity index (χ0) is 22.8. The molecule has 7 heteroatoms. The predicted molar refractivity (Wildman–Crippen MR) is 129 cm³/mol. The molecule has 0 aliphatic carbocycles. The number of carbonyl (C=O) groups is 2. The fourth-order valence-electron chi connectivity index (χ4n) is 3.35. The summed E-state index contributed by atoms with van der Waals surface area (Å²) in [6, 6.07) is 19.9. The molecule has 1 aliphatic rings. The number of amides is 2. The molecule has 1 aliphatic heterocycles. The van der Waals surface area contributed by atoms with Crippen LogP contribution in [0.2, 0.25) is 5.02 Å². The normalized spacial score (nSPS) is 13.7. The van der Waals surface area contributed by atoms with Gasteiger partial charge in [0.2, 0.25) is 0 Å². The maximum atomic E-state index is 13.5. The second kappa shape index (κ2) is 9.10. The van der Waals surface area contributed by atoms with Gasteiger partial charge in [0.25, 0.3) is 11.8 Å². The number of carbonyl (C=O) groups excluding carboxylic acids is 2. The Morgan fingerprint density at radius 2 is 1.59 bits per heavy atom. The Hall–Kier alpha value is -3.22. The molecule has 0 unspecified atom stereocenters. The Labute approximate surface area is 196 Å². The molecule has 0 bridgehead atoms. The molecule has 3 aromatic rings. The van der Waals surface area contributed by atoms with E-state index >= 15 is 0 Å². The number of thioether (sulfide) groups is 1. The Bertz CT molecular complexity index is 1220. The molecule has 3 aromatic carbocycles. The highest BCUT2D eigenvalue weighted by Gasteiger charge is 2.40. The number of methoxy groups -OCH3 is 1. The topological polar surface area (TPSA) is 58.6 Å². The number of benzene rings is 3. The largest absolute Gasteiger partial charge is 0.497 e. The second-order valence-corrected chi connectivity index (χ2v) is 8.80. The standard InChI is InChI=1S/C25H21ClN2O3S/c1-15-5-4-6-21(16(15)2)28-24(29)22(27-18-9-11-19(31-3)12-10-18)23(25(28)30)32-20-13-7-17(26)8-14-20/h4-14,27H,1-3H3. The van der Waals surface area contributed by atoms with Crippen LogP contribution in [0.5, 0.6) is 5.75 Å². The van der Waals surface area contributed by atoms with Crippen molar-refractivity contribution < 1.29 is 14.3 Å². The second-order valence-electron chi connectivity index (χ2n) is 7.28. The molecular formula is C25H21ClN2O3S. The highest BCUT2D eigenvalue weighted by Crippen LogP contribution is 2.39. The average molecular weight is 465 g/mol. The number of rotatable bonds is 6. The summed E-state index contributed by atoms with van der Waals surface area (Å²) in [5, 5.41) is 3.76. The van der Waals surface area contributed by atoms with E-state index in [1.807, 2.05) is 38.1 Å². The van der Waals surface area contributed by atoms with Crippen LogP contribution in [0.4, 0.5) is 11.4 Å². The van der Waals surface area contributed by atoms with Crippen LogP contribution in [-0.2, 0) is 9.59 Å². The molecule has 0 atom stereocenters. The minimum absolute atomic E-state index is 0.237. The summed E-state index contributed by atoms with van der Waals surface area (Å²) in [6.45, 7) is 3.86. The number of ether oxygens (including phenoxy) is 1. The molecular weight excluding hydrogens is 444 g/mol. The van der Waals surface area contributed by atoms with E-state index in [0.717, 1.165) is 16.0 Å². The first-order valence-corrected chi connectivity index (χ1v) is 11.1. The van der Waals surface area contributed by atoms with Crippen molar-refractivity contribution in [1.29, 1.82) is 0 Å². The minimum Gasteiger partial charge on any atom is -0.497 e. The Balaban J connectivity index is 1.75. The maximum Gasteiger partial charge on any atom is 0.283 e. The third-order valence-corrected chi connectivity index (χ3v) is 6.59. The number of hydrogen-bond donors (Lipinski definition) is 1. The van der Waals surface area contributed by atoms with Gasteiger partial charge in [0.05, 0.1) is 12.8 Å². The quantitative estimate of drug-likeness (QED) is 0.456. The van der Waals surface area contributed by atoms with Crippen molar-refractivity contribution in [3.63, 3.8) is 0 Å². The van der Waals surface area contributed by atoms with Gasteiger partial charge in [-0.25, -0.2) is 4.90 Å². The van der Waals surface area contributed by atoms with Gasteiger partial charge in [0, 0.05) is 15.6 Å². The number of hydrogen-bond acceptors (Lipinski definition) is 5. The van der Waals surface area contributed by atoms with Crippen LogP contribution >= 0.6 is 23.4 Å². The van der Waals surface area contributed by atoms with Crippen LogP contribution in [0.25, 0.3) is 0 Å². The van der Waals surface area contributed by atoms with Crippen LogP contribution < -0.4 is 15.0 Å². The van der Waals surface area contributed by atoms with E-state index in [2.05, 4.69) is 5.32 Å². The van der Waals surface area contributed by atoms with Gasteiger partial charge in [-0.05, 0) is 79.6 Å². The van der Waals surface area contributed by atoms with Crippen LogP contribution in [0, 0.1) is 13.8 Å². The van der Waals surface area contributed by atoms with Crippen LogP contribution in [-0.4, -0.2) is 18.9 Å². The highest BCUT2D eigenvalue weighted by molar-refractivity contribution is 8.04. The number of aryl methyl sites for hydroxylation is 1. The first-order chi connectivity index (χ1) is 15.4. The van der Waals surface area contributed by atoms with Crippen molar-refractivity contribution in [2.45, 2.75) is 18.7 Å². The molecule has 1 heterocycles.